The SMILES string of the molecule is CC(C)NCC1CCC(N2C(=NC(=O)c3ccc(F)cc3)Cc3ccc(CN4CCCCC4)cc32)CC1. The summed E-state index contributed by atoms with van der Waals surface area (Å²) in [4.78, 5) is 22.6. The molecule has 0 radical (unpaired) electrons. The van der Waals surface area contributed by atoms with E-state index in [0.29, 0.717) is 30.0 Å². The molecule has 1 saturated heterocycles. The van der Waals surface area contributed by atoms with Crippen LogP contribution in [0.2, 0.25) is 0 Å². The van der Waals surface area contributed by atoms with Gasteiger partial charge in [-0.3, -0.25) is 9.69 Å². The molecule has 0 aromatic heterocycles. The number of amidine groups is 1. The number of fused-ring (bicyclic) bond motifs is 1. The average molecular weight is 505 g/mol. The topological polar surface area (TPSA) is 47.9 Å². The zero-order valence-corrected chi connectivity index (χ0v) is 22.4. The van der Waals surface area contributed by atoms with E-state index in [1.807, 2.05) is 0 Å². The lowest BCUT2D eigenvalue weighted by Crippen LogP contribution is -2.42. The number of anilines is 1. The third kappa shape index (κ3) is 6.47. The first-order valence-corrected chi connectivity index (χ1v) is 14.2. The van der Waals surface area contributed by atoms with Gasteiger partial charge in [-0.1, -0.05) is 32.4 Å². The highest BCUT2D eigenvalue weighted by Gasteiger charge is 2.35. The summed E-state index contributed by atoms with van der Waals surface area (Å²) in [5.41, 5.74) is 4.24. The van der Waals surface area contributed by atoms with Crippen molar-refractivity contribution in [3.63, 3.8) is 0 Å². The second-order valence-corrected chi connectivity index (χ2v) is 11.4. The molecule has 198 valence electrons. The maximum atomic E-state index is 13.4. The van der Waals surface area contributed by atoms with Crippen LogP contribution in [-0.4, -0.2) is 48.4 Å². The number of benzene rings is 2. The number of hydrogen-bond acceptors (Lipinski definition) is 3. The molecule has 1 amide bonds. The van der Waals surface area contributed by atoms with Crippen LogP contribution < -0.4 is 10.2 Å². The zero-order chi connectivity index (χ0) is 25.8. The van der Waals surface area contributed by atoms with Crippen LogP contribution in [0, 0.1) is 11.7 Å². The minimum atomic E-state index is -0.343. The van der Waals surface area contributed by atoms with Crippen molar-refractivity contribution in [1.29, 1.82) is 0 Å². The summed E-state index contributed by atoms with van der Waals surface area (Å²) in [5.74, 6) is 0.899. The van der Waals surface area contributed by atoms with Crippen LogP contribution in [-0.2, 0) is 13.0 Å². The van der Waals surface area contributed by atoms with E-state index in [-0.39, 0.29) is 11.7 Å². The van der Waals surface area contributed by atoms with Crippen molar-refractivity contribution in [2.45, 2.75) is 83.8 Å². The van der Waals surface area contributed by atoms with Gasteiger partial charge in [0.15, 0.2) is 0 Å². The summed E-state index contributed by atoms with van der Waals surface area (Å²) in [6.45, 7) is 8.81. The summed E-state index contributed by atoms with van der Waals surface area (Å²) >= 11 is 0. The molecule has 2 aromatic rings. The number of piperidine rings is 1. The number of likely N-dealkylation sites (tertiary alicyclic amines) is 1. The van der Waals surface area contributed by atoms with Gasteiger partial charge in [0.25, 0.3) is 5.91 Å². The van der Waals surface area contributed by atoms with E-state index in [1.54, 1.807) is 0 Å². The van der Waals surface area contributed by atoms with Crippen molar-refractivity contribution in [1.82, 2.24) is 10.2 Å². The number of amides is 1. The molecule has 0 bridgehead atoms. The first kappa shape index (κ1) is 26.1. The standard InChI is InChI=1S/C31H41FN4O/c1-22(2)33-20-23-7-14-28(15-8-23)36-29-18-24(21-35-16-4-3-5-17-35)6-9-26(29)19-30(36)34-31(37)25-10-12-27(32)13-11-25/h6,9-13,18,22-23,28,33H,3-5,7-8,14-17,19-21H2,1-2H3. The number of rotatable bonds is 7. The molecule has 2 fully saturated rings. The molecule has 2 aliphatic heterocycles. The second kappa shape index (κ2) is 11.9. The molecule has 0 atom stereocenters. The minimum absolute atomic E-state index is 0.295. The Labute approximate surface area is 221 Å². The van der Waals surface area contributed by atoms with Gasteiger partial charge in [0, 0.05) is 36.3 Å². The number of nitrogens with one attached hydrogen (secondary N) is 1. The van der Waals surface area contributed by atoms with Crippen LogP contribution in [0.25, 0.3) is 0 Å². The molecule has 37 heavy (non-hydrogen) atoms. The Balaban J connectivity index is 1.38. The molecule has 6 heteroatoms. The molecule has 3 aliphatic rings. The first-order valence-electron chi connectivity index (χ1n) is 14.2. The molecular weight excluding hydrogens is 463 g/mol. The van der Waals surface area contributed by atoms with Gasteiger partial charge in [-0.25, -0.2) is 4.39 Å². The maximum Gasteiger partial charge on any atom is 0.278 e. The predicted octanol–water partition coefficient (Wildman–Crippen LogP) is 5.97. The normalized spacial score (nSPS) is 23.6. The van der Waals surface area contributed by atoms with Gasteiger partial charge in [-0.2, -0.15) is 4.99 Å². The Morgan fingerprint density at radius 3 is 2.46 bits per heavy atom. The van der Waals surface area contributed by atoms with Crippen molar-refractivity contribution < 1.29 is 9.18 Å². The second-order valence-electron chi connectivity index (χ2n) is 11.4. The van der Waals surface area contributed by atoms with E-state index < -0.39 is 0 Å². The largest absolute Gasteiger partial charge is 0.326 e. The third-order valence-corrected chi connectivity index (χ3v) is 8.21. The Bertz CT molecular complexity index is 1100. The van der Waals surface area contributed by atoms with E-state index in [4.69, 9.17) is 0 Å². The van der Waals surface area contributed by atoms with Crippen molar-refractivity contribution in [3.05, 3.63) is 65.0 Å². The molecule has 0 spiro atoms. The van der Waals surface area contributed by atoms with Crippen LogP contribution in [0.4, 0.5) is 10.1 Å². The lowest BCUT2D eigenvalue weighted by Gasteiger charge is -2.37. The molecule has 5 rings (SSSR count). The third-order valence-electron chi connectivity index (χ3n) is 8.21. The van der Waals surface area contributed by atoms with Gasteiger partial charge < -0.3 is 10.2 Å². The van der Waals surface area contributed by atoms with Gasteiger partial charge in [0.2, 0.25) is 0 Å². The highest BCUT2D eigenvalue weighted by Crippen LogP contribution is 2.38. The van der Waals surface area contributed by atoms with Crippen LogP contribution >= 0.6 is 0 Å². The van der Waals surface area contributed by atoms with Crippen LogP contribution in [0.3, 0.4) is 0 Å². The Morgan fingerprint density at radius 2 is 1.76 bits per heavy atom. The lowest BCUT2D eigenvalue weighted by molar-refractivity contribution is 0.100. The smallest absolute Gasteiger partial charge is 0.278 e. The zero-order valence-electron chi connectivity index (χ0n) is 22.4. The molecule has 2 heterocycles. The average Bonchev–Trinajstić information content (AvgIpc) is 3.25. The van der Waals surface area contributed by atoms with Crippen LogP contribution in [0.5, 0.6) is 0 Å². The maximum absolute atomic E-state index is 13.4. The van der Waals surface area contributed by atoms with Crippen molar-refractivity contribution in [2.75, 3.05) is 24.5 Å². The lowest BCUT2D eigenvalue weighted by atomic mass is 9.85. The van der Waals surface area contributed by atoms with Gasteiger partial charge in [0.05, 0.1) is 0 Å². The van der Waals surface area contributed by atoms with Crippen molar-refractivity contribution >= 4 is 17.4 Å². The molecular formula is C31H41FN4O. The number of aliphatic imine (C=N–C) groups is 1. The van der Waals surface area contributed by atoms with Crippen LogP contribution in [0.1, 0.15) is 80.3 Å². The molecule has 1 N–H and O–H groups in total. The molecule has 0 unspecified atom stereocenters. The number of carbonyl (C=O) groups excluding carboxylic acids is 1. The molecule has 1 aliphatic carbocycles. The summed E-state index contributed by atoms with van der Waals surface area (Å²) in [7, 11) is 0. The summed E-state index contributed by atoms with van der Waals surface area (Å²) in [5, 5.41) is 3.61. The monoisotopic (exact) mass is 504 g/mol. The van der Waals surface area contributed by atoms with E-state index in [9.17, 15) is 9.18 Å². The predicted molar refractivity (Wildman–Crippen MR) is 149 cm³/mol. The van der Waals surface area contributed by atoms with Gasteiger partial charge in [-0.05, 0) is 106 Å². The van der Waals surface area contributed by atoms with E-state index >= 15 is 0 Å². The van der Waals surface area contributed by atoms with E-state index in [0.717, 1.165) is 31.8 Å². The van der Waals surface area contributed by atoms with E-state index in [2.05, 4.69) is 52.2 Å². The minimum Gasteiger partial charge on any atom is -0.326 e. The Morgan fingerprint density at radius 1 is 1.03 bits per heavy atom. The summed E-state index contributed by atoms with van der Waals surface area (Å²) in [6.07, 6.45) is 9.15. The molecule has 1 saturated carbocycles. The summed E-state index contributed by atoms with van der Waals surface area (Å²) < 4.78 is 13.4. The van der Waals surface area contributed by atoms with Crippen LogP contribution in [0.15, 0.2) is 47.5 Å². The van der Waals surface area contributed by atoms with Gasteiger partial charge >= 0.3 is 0 Å². The number of halogens is 1. The fraction of sp³-hybridized carbons (Fsp3) is 0.548. The number of nitrogens with zero attached hydrogens (tertiary/aromatic N) is 3. The number of hydrogen-bond donors (Lipinski definition) is 1. The van der Waals surface area contributed by atoms with Crippen molar-refractivity contribution in [2.24, 2.45) is 10.9 Å². The first-order chi connectivity index (χ1) is 18.0. The highest BCUT2D eigenvalue weighted by molar-refractivity contribution is 6.12. The van der Waals surface area contributed by atoms with Gasteiger partial charge in [0.1, 0.15) is 11.7 Å². The quantitative estimate of drug-likeness (QED) is 0.505. The van der Waals surface area contributed by atoms with Gasteiger partial charge in [-0.15, -0.1) is 0 Å². The summed E-state index contributed by atoms with van der Waals surface area (Å²) in [6, 6.07) is 13.4. The number of carbonyl (C=O) groups is 1. The fourth-order valence-electron chi connectivity index (χ4n) is 6.14. The Kier molecular flexibility index (Phi) is 8.36. The molecule has 2 aromatic carbocycles. The fourth-order valence-corrected chi connectivity index (χ4v) is 6.14. The molecule has 5 nitrogen and oxygen atoms in total. The highest BCUT2D eigenvalue weighted by atomic mass is 19.1. The van der Waals surface area contributed by atoms with Crippen molar-refractivity contribution in [3.8, 4) is 0 Å². The Hall–Kier alpha value is -2.57. The van der Waals surface area contributed by atoms with E-state index in [1.165, 1.54) is 86.3 Å².